The van der Waals surface area contributed by atoms with Gasteiger partial charge in [0.05, 0.1) is 23.9 Å². The third-order valence-corrected chi connectivity index (χ3v) is 3.08. The molecule has 0 aromatic heterocycles. The van der Waals surface area contributed by atoms with E-state index in [4.69, 9.17) is 0 Å². The number of benzene rings is 1. The smallest absolute Gasteiger partial charge is 0.354 e. The van der Waals surface area contributed by atoms with Crippen molar-refractivity contribution in [3.8, 4) is 0 Å². The topological polar surface area (TPSA) is 46.6 Å². The average Bonchev–Trinajstić information content (AvgIpc) is 2.42. The fraction of sp³-hybridized carbons (Fsp3) is 0.214. The number of likely N-dealkylation sites (N-methyl/N-ethyl adjacent to an activating group) is 1. The number of halogens is 1. The lowest BCUT2D eigenvalue weighted by atomic mass is 9.95. The molecule has 2 rings (SSSR count). The molecule has 0 atom stereocenters. The fourth-order valence-corrected chi connectivity index (χ4v) is 2.17. The van der Waals surface area contributed by atoms with E-state index in [0.29, 0.717) is 5.69 Å². The Morgan fingerprint density at radius 1 is 1.42 bits per heavy atom. The van der Waals surface area contributed by atoms with Gasteiger partial charge in [0.2, 0.25) is 0 Å². The SMILES string of the molecule is COC(=O)C1=CC(=C=O)c2c(F)ccc(C)c2N1C. The summed E-state index contributed by atoms with van der Waals surface area (Å²) in [5, 5.41) is 0. The number of allylic oxidation sites excluding steroid dienone is 2. The normalized spacial score (nSPS) is 13.6. The van der Waals surface area contributed by atoms with Gasteiger partial charge in [0.15, 0.2) is 0 Å². The molecule has 98 valence electrons. The third-order valence-electron chi connectivity index (χ3n) is 3.08. The molecule has 5 heteroatoms. The van der Waals surface area contributed by atoms with E-state index in [0.717, 1.165) is 5.56 Å². The Labute approximate surface area is 109 Å². The lowest BCUT2D eigenvalue weighted by Gasteiger charge is -2.29. The Kier molecular flexibility index (Phi) is 3.23. The van der Waals surface area contributed by atoms with Crippen LogP contribution in [0.4, 0.5) is 10.1 Å². The first-order valence-electron chi connectivity index (χ1n) is 5.59. The highest BCUT2D eigenvalue weighted by molar-refractivity contribution is 6.07. The van der Waals surface area contributed by atoms with Gasteiger partial charge in [-0.2, -0.15) is 0 Å². The van der Waals surface area contributed by atoms with Crippen LogP contribution in [0.2, 0.25) is 0 Å². The van der Waals surface area contributed by atoms with Gasteiger partial charge in [-0.15, -0.1) is 0 Å². The first-order valence-corrected chi connectivity index (χ1v) is 5.59. The van der Waals surface area contributed by atoms with Crippen LogP contribution in [0.15, 0.2) is 23.9 Å². The van der Waals surface area contributed by atoms with Crippen molar-refractivity contribution < 1.29 is 18.7 Å². The number of rotatable bonds is 1. The average molecular weight is 261 g/mol. The van der Waals surface area contributed by atoms with Crippen LogP contribution in [0.3, 0.4) is 0 Å². The Hall–Kier alpha value is -2.39. The standard InChI is InChI=1S/C14H12FNO3/c1-8-4-5-10(15)12-9(7-17)6-11(14(18)19-3)16(2)13(8)12/h4-6H,1-3H3. The Morgan fingerprint density at radius 2 is 2.11 bits per heavy atom. The van der Waals surface area contributed by atoms with Crippen molar-refractivity contribution in [2.24, 2.45) is 0 Å². The second kappa shape index (κ2) is 4.71. The lowest BCUT2D eigenvalue weighted by molar-refractivity contribution is -0.136. The fourth-order valence-electron chi connectivity index (χ4n) is 2.17. The van der Waals surface area contributed by atoms with Crippen LogP contribution in [-0.4, -0.2) is 26.1 Å². The number of ether oxygens (including phenoxy) is 1. The van der Waals surface area contributed by atoms with Crippen LogP contribution in [0.1, 0.15) is 11.1 Å². The summed E-state index contributed by atoms with van der Waals surface area (Å²) in [4.78, 5) is 24.2. The van der Waals surface area contributed by atoms with Crippen molar-refractivity contribution in [1.29, 1.82) is 0 Å². The number of carbonyl (C=O) groups excluding carboxylic acids is 2. The van der Waals surface area contributed by atoms with E-state index >= 15 is 0 Å². The van der Waals surface area contributed by atoms with Gasteiger partial charge in [0, 0.05) is 7.05 Å². The molecule has 0 saturated heterocycles. The van der Waals surface area contributed by atoms with Gasteiger partial charge < -0.3 is 9.64 Å². The molecule has 0 radical (unpaired) electrons. The van der Waals surface area contributed by atoms with Crippen molar-refractivity contribution in [2.45, 2.75) is 6.92 Å². The molecule has 0 bridgehead atoms. The van der Waals surface area contributed by atoms with Crippen molar-refractivity contribution in [3.63, 3.8) is 0 Å². The quantitative estimate of drug-likeness (QED) is 0.572. The molecule has 0 unspecified atom stereocenters. The number of fused-ring (bicyclic) bond motifs is 1. The van der Waals surface area contributed by atoms with Gasteiger partial charge in [0.1, 0.15) is 17.5 Å². The summed E-state index contributed by atoms with van der Waals surface area (Å²) < 4.78 is 18.6. The van der Waals surface area contributed by atoms with Crippen molar-refractivity contribution >= 4 is 23.2 Å². The first-order chi connectivity index (χ1) is 9.01. The van der Waals surface area contributed by atoms with Gasteiger partial charge in [-0.3, -0.25) is 0 Å². The number of hydrogen-bond donors (Lipinski definition) is 0. The molecule has 1 aromatic rings. The molecule has 0 N–H and O–H groups in total. The van der Waals surface area contributed by atoms with Crippen molar-refractivity contribution in [3.05, 3.63) is 40.8 Å². The summed E-state index contributed by atoms with van der Waals surface area (Å²) in [6.45, 7) is 1.78. The minimum absolute atomic E-state index is 0.00898. The van der Waals surface area contributed by atoms with E-state index in [2.05, 4.69) is 4.74 Å². The Morgan fingerprint density at radius 3 is 2.68 bits per heavy atom. The zero-order valence-electron chi connectivity index (χ0n) is 10.8. The highest BCUT2D eigenvalue weighted by Crippen LogP contribution is 2.38. The number of hydrogen-bond acceptors (Lipinski definition) is 4. The number of nitrogens with zero attached hydrogens (tertiary/aromatic N) is 1. The number of methoxy groups -OCH3 is 1. The molecular formula is C14H12FNO3. The van der Waals surface area contributed by atoms with Gasteiger partial charge in [0.25, 0.3) is 0 Å². The van der Waals surface area contributed by atoms with Crippen LogP contribution in [0.5, 0.6) is 0 Å². The molecule has 0 aliphatic carbocycles. The summed E-state index contributed by atoms with van der Waals surface area (Å²) in [7, 11) is 2.87. The maximum Gasteiger partial charge on any atom is 0.354 e. The van der Waals surface area contributed by atoms with E-state index in [1.807, 2.05) is 0 Å². The minimum atomic E-state index is -0.593. The second-order valence-electron chi connectivity index (χ2n) is 4.18. The highest BCUT2D eigenvalue weighted by Gasteiger charge is 2.29. The van der Waals surface area contributed by atoms with Crippen LogP contribution >= 0.6 is 0 Å². The summed E-state index contributed by atoms with van der Waals surface area (Å²) in [6, 6.07) is 2.88. The van der Waals surface area contributed by atoms with Crippen LogP contribution in [-0.2, 0) is 14.3 Å². The van der Waals surface area contributed by atoms with Crippen LogP contribution in [0.25, 0.3) is 5.57 Å². The Balaban J connectivity index is 2.75. The molecule has 1 aromatic carbocycles. The summed E-state index contributed by atoms with van der Waals surface area (Å²) in [6.07, 6.45) is 1.28. The highest BCUT2D eigenvalue weighted by atomic mass is 19.1. The predicted octanol–water partition coefficient (Wildman–Crippen LogP) is 1.86. The number of aryl methyl sites for hydroxylation is 1. The number of carbonyl (C=O) groups is 1. The molecule has 0 saturated carbocycles. The summed E-state index contributed by atoms with van der Waals surface area (Å²) in [5.41, 5.74) is 1.56. The molecule has 1 heterocycles. The molecule has 4 nitrogen and oxygen atoms in total. The number of anilines is 1. The minimum Gasteiger partial charge on any atom is -0.464 e. The first kappa shape index (κ1) is 13.1. The van der Waals surface area contributed by atoms with E-state index in [1.165, 1.54) is 24.2 Å². The molecule has 1 aliphatic rings. The maximum absolute atomic E-state index is 13.9. The zero-order valence-corrected chi connectivity index (χ0v) is 10.8. The molecule has 0 amide bonds. The Bertz CT molecular complexity index is 642. The summed E-state index contributed by atoms with van der Waals surface area (Å²) in [5.74, 6) is 0.558. The van der Waals surface area contributed by atoms with E-state index in [1.54, 1.807) is 26.0 Å². The second-order valence-corrected chi connectivity index (χ2v) is 4.18. The molecule has 0 fully saturated rings. The van der Waals surface area contributed by atoms with Gasteiger partial charge in [-0.25, -0.2) is 14.0 Å². The zero-order chi connectivity index (χ0) is 14.2. The molecule has 1 aliphatic heterocycles. The van der Waals surface area contributed by atoms with E-state index < -0.39 is 11.8 Å². The van der Waals surface area contributed by atoms with Crippen molar-refractivity contribution in [2.75, 3.05) is 19.1 Å². The molecule has 19 heavy (non-hydrogen) atoms. The van der Waals surface area contributed by atoms with Crippen LogP contribution in [0, 0.1) is 12.7 Å². The molecule has 0 spiro atoms. The van der Waals surface area contributed by atoms with Crippen LogP contribution < -0.4 is 4.90 Å². The molecular weight excluding hydrogens is 249 g/mol. The third kappa shape index (κ3) is 1.94. The van der Waals surface area contributed by atoms with E-state index in [9.17, 15) is 14.0 Å². The van der Waals surface area contributed by atoms with Crippen molar-refractivity contribution in [1.82, 2.24) is 0 Å². The lowest BCUT2D eigenvalue weighted by Crippen LogP contribution is -2.28. The number of esters is 1. The largest absolute Gasteiger partial charge is 0.464 e. The van der Waals surface area contributed by atoms with Gasteiger partial charge in [-0.05, 0) is 24.6 Å². The monoisotopic (exact) mass is 261 g/mol. The maximum atomic E-state index is 13.9. The predicted molar refractivity (Wildman–Crippen MR) is 68.7 cm³/mol. The summed E-state index contributed by atoms with van der Waals surface area (Å²) >= 11 is 0. The van der Waals surface area contributed by atoms with Gasteiger partial charge in [-0.1, -0.05) is 6.07 Å². The van der Waals surface area contributed by atoms with E-state index in [-0.39, 0.29) is 16.8 Å². The van der Waals surface area contributed by atoms with Gasteiger partial charge >= 0.3 is 5.97 Å².